The van der Waals surface area contributed by atoms with Gasteiger partial charge in [-0.1, -0.05) is 29.3 Å². The molecular weight excluding hydrogens is 423 g/mol. The smallest absolute Gasteiger partial charge is 0.417 e. The van der Waals surface area contributed by atoms with Gasteiger partial charge in [-0.2, -0.15) is 0 Å². The molecule has 0 aliphatic carbocycles. The predicted octanol–water partition coefficient (Wildman–Crippen LogP) is 3.61. The Kier molecular flexibility index (Phi) is 6.50. The number of nitro groups is 1. The number of amides is 1. The number of rotatable bonds is 5. The summed E-state index contributed by atoms with van der Waals surface area (Å²) in [5, 5.41) is 14.5. The molecule has 0 bridgehead atoms. The zero-order chi connectivity index (χ0) is 21.2. The van der Waals surface area contributed by atoms with Crippen LogP contribution in [0.3, 0.4) is 0 Å². The van der Waals surface area contributed by atoms with E-state index in [2.05, 4.69) is 5.10 Å². The summed E-state index contributed by atoms with van der Waals surface area (Å²) in [7, 11) is 0. The molecule has 11 heteroatoms. The molecule has 1 unspecified atom stereocenters. The Morgan fingerprint density at radius 3 is 2.79 bits per heavy atom. The van der Waals surface area contributed by atoms with Crippen LogP contribution in [0.25, 0.3) is 0 Å². The molecule has 1 aromatic carbocycles. The summed E-state index contributed by atoms with van der Waals surface area (Å²) in [6.07, 6.45) is 0.108. The molecule has 1 atom stereocenters. The lowest BCUT2D eigenvalue weighted by atomic mass is 9.97. The second-order valence-electron chi connectivity index (χ2n) is 7.67. The molecule has 0 saturated carbocycles. The summed E-state index contributed by atoms with van der Waals surface area (Å²) in [5.74, 6) is 0.178. The van der Waals surface area contributed by atoms with Crippen LogP contribution in [-0.2, 0) is 16.1 Å². The summed E-state index contributed by atoms with van der Waals surface area (Å²) in [6, 6.07) is 4.84. The first-order chi connectivity index (χ1) is 13.6. The molecule has 0 N–H and O–H groups in total. The molecule has 1 aromatic rings. The predicted molar refractivity (Wildman–Crippen MR) is 107 cm³/mol. The van der Waals surface area contributed by atoms with Crippen molar-refractivity contribution in [1.29, 1.82) is 0 Å². The Labute approximate surface area is 178 Å². The third kappa shape index (κ3) is 5.49. The Morgan fingerprint density at radius 2 is 2.17 bits per heavy atom. The Hall–Kier alpha value is -2.10. The van der Waals surface area contributed by atoms with Crippen molar-refractivity contribution in [2.24, 2.45) is 11.0 Å². The van der Waals surface area contributed by atoms with Crippen molar-refractivity contribution in [3.8, 4) is 0 Å². The van der Waals surface area contributed by atoms with E-state index in [1.807, 2.05) is 13.8 Å². The van der Waals surface area contributed by atoms with E-state index in [9.17, 15) is 14.9 Å². The zero-order valence-corrected chi connectivity index (χ0v) is 17.6. The molecule has 2 saturated heterocycles. The highest BCUT2D eigenvalue weighted by Crippen LogP contribution is 2.30. The van der Waals surface area contributed by atoms with E-state index in [1.165, 1.54) is 4.90 Å². The number of carbonyl (C=O) groups is 1. The number of guanidine groups is 1. The molecule has 9 nitrogen and oxygen atoms in total. The van der Waals surface area contributed by atoms with Crippen LogP contribution < -0.4 is 0 Å². The number of nitrogens with zero attached hydrogens (tertiary/aromatic N) is 4. The number of carbonyl (C=O) groups excluding carboxylic acids is 1. The van der Waals surface area contributed by atoms with Crippen molar-refractivity contribution in [1.82, 2.24) is 9.80 Å². The molecule has 0 radical (unpaired) electrons. The maximum Gasteiger partial charge on any atom is 0.417 e. The average Bonchev–Trinajstić information content (AvgIpc) is 3.16. The molecule has 0 spiro atoms. The monoisotopic (exact) mass is 444 g/mol. The summed E-state index contributed by atoms with van der Waals surface area (Å²) in [4.78, 5) is 26.5. The van der Waals surface area contributed by atoms with Crippen molar-refractivity contribution < 1.29 is 19.3 Å². The van der Waals surface area contributed by atoms with Crippen LogP contribution in [0, 0.1) is 16.0 Å². The van der Waals surface area contributed by atoms with Crippen molar-refractivity contribution in [3.05, 3.63) is 43.9 Å². The van der Waals surface area contributed by atoms with Gasteiger partial charge < -0.3 is 14.4 Å². The van der Waals surface area contributed by atoms with Gasteiger partial charge in [0, 0.05) is 34.6 Å². The van der Waals surface area contributed by atoms with Crippen LogP contribution in [0.5, 0.6) is 0 Å². The van der Waals surface area contributed by atoms with E-state index >= 15 is 0 Å². The minimum absolute atomic E-state index is 0.0214. The third-order valence-electron chi connectivity index (χ3n) is 4.84. The molecule has 2 heterocycles. The van der Waals surface area contributed by atoms with E-state index in [-0.39, 0.29) is 30.6 Å². The fraction of sp³-hybridized carbons (Fsp3) is 0.556. The van der Waals surface area contributed by atoms with E-state index in [0.29, 0.717) is 35.3 Å². The van der Waals surface area contributed by atoms with E-state index in [1.54, 1.807) is 23.1 Å². The fourth-order valence-electron chi connectivity index (χ4n) is 3.57. The molecule has 158 valence electrons. The topological polar surface area (TPSA) is 97.5 Å². The van der Waals surface area contributed by atoms with Crippen molar-refractivity contribution in [3.63, 3.8) is 0 Å². The van der Waals surface area contributed by atoms with Gasteiger partial charge in [-0.3, -0.25) is 0 Å². The highest BCUT2D eigenvalue weighted by atomic mass is 35.5. The lowest BCUT2D eigenvalue weighted by Gasteiger charge is -2.22. The standard InChI is InChI=1S/C18H22Cl2N4O5/c1-18(2)8-12(10-29-18)9-22-5-6-23(16(22)21-24(26)27)17(25)28-11-13-3-4-14(19)7-15(13)20/h3-4,7,12H,5-6,8-11H2,1-2H3. The van der Waals surface area contributed by atoms with Crippen LogP contribution in [0.2, 0.25) is 10.0 Å². The number of halogens is 2. The quantitative estimate of drug-likeness (QED) is 0.508. The highest BCUT2D eigenvalue weighted by Gasteiger charge is 2.39. The lowest BCUT2D eigenvalue weighted by Crippen LogP contribution is -2.40. The Balaban J connectivity index is 1.66. The van der Waals surface area contributed by atoms with Crippen molar-refractivity contribution >= 4 is 35.3 Å². The second kappa shape index (κ2) is 8.73. The summed E-state index contributed by atoms with van der Waals surface area (Å²) < 4.78 is 11.0. The van der Waals surface area contributed by atoms with Gasteiger partial charge >= 0.3 is 6.09 Å². The van der Waals surface area contributed by atoms with Crippen molar-refractivity contribution in [2.45, 2.75) is 32.5 Å². The van der Waals surface area contributed by atoms with Crippen LogP contribution in [0.15, 0.2) is 23.3 Å². The van der Waals surface area contributed by atoms with Gasteiger partial charge in [-0.25, -0.2) is 19.8 Å². The molecule has 3 rings (SSSR count). The minimum Gasteiger partial charge on any atom is -0.444 e. The van der Waals surface area contributed by atoms with Crippen LogP contribution in [0.1, 0.15) is 25.8 Å². The molecule has 29 heavy (non-hydrogen) atoms. The van der Waals surface area contributed by atoms with E-state index in [0.717, 1.165) is 6.42 Å². The van der Waals surface area contributed by atoms with E-state index < -0.39 is 11.1 Å². The molecule has 0 aromatic heterocycles. The minimum atomic E-state index is -0.806. The summed E-state index contributed by atoms with van der Waals surface area (Å²) in [5.41, 5.74) is 0.361. The number of hydrogen-bond acceptors (Lipinski definition) is 5. The molecule has 2 fully saturated rings. The summed E-state index contributed by atoms with van der Waals surface area (Å²) in [6.45, 7) is 5.69. The maximum atomic E-state index is 12.6. The first kappa shape index (κ1) is 21.6. The Morgan fingerprint density at radius 1 is 1.41 bits per heavy atom. The SMILES string of the molecule is CC1(C)CC(CN2CCN(C(=O)OCc3ccc(Cl)cc3Cl)C2=N[N+](=O)[O-])CO1. The van der Waals surface area contributed by atoms with Gasteiger partial charge in [0.15, 0.2) is 5.03 Å². The molecule has 1 amide bonds. The number of ether oxygens (including phenoxy) is 2. The first-order valence-corrected chi connectivity index (χ1v) is 9.90. The van der Waals surface area contributed by atoms with Crippen LogP contribution in [0.4, 0.5) is 4.79 Å². The van der Waals surface area contributed by atoms with E-state index in [4.69, 9.17) is 32.7 Å². The van der Waals surface area contributed by atoms with Gasteiger partial charge in [-0.05, 0) is 32.4 Å². The third-order valence-corrected chi connectivity index (χ3v) is 5.43. The summed E-state index contributed by atoms with van der Waals surface area (Å²) >= 11 is 11.9. The highest BCUT2D eigenvalue weighted by molar-refractivity contribution is 6.35. The lowest BCUT2D eigenvalue weighted by molar-refractivity contribution is -0.486. The van der Waals surface area contributed by atoms with Gasteiger partial charge in [0.05, 0.1) is 18.8 Å². The second-order valence-corrected chi connectivity index (χ2v) is 8.51. The number of hydrazone groups is 1. The van der Waals surface area contributed by atoms with Crippen LogP contribution >= 0.6 is 23.2 Å². The normalized spacial score (nSPS) is 22.3. The molecule has 2 aliphatic heterocycles. The maximum absolute atomic E-state index is 12.6. The van der Waals surface area contributed by atoms with Gasteiger partial charge in [0.1, 0.15) is 11.7 Å². The van der Waals surface area contributed by atoms with Gasteiger partial charge in [0.2, 0.25) is 0 Å². The van der Waals surface area contributed by atoms with Crippen LogP contribution in [-0.4, -0.2) is 58.7 Å². The van der Waals surface area contributed by atoms with Gasteiger partial charge in [-0.15, -0.1) is 0 Å². The fourth-order valence-corrected chi connectivity index (χ4v) is 4.03. The van der Waals surface area contributed by atoms with Crippen molar-refractivity contribution in [2.75, 3.05) is 26.2 Å². The average molecular weight is 445 g/mol. The Bertz CT molecular complexity index is 832. The zero-order valence-electron chi connectivity index (χ0n) is 16.1. The first-order valence-electron chi connectivity index (χ1n) is 9.15. The number of hydrogen-bond donors (Lipinski definition) is 0. The largest absolute Gasteiger partial charge is 0.444 e. The molecule has 2 aliphatic rings. The number of benzene rings is 1. The van der Waals surface area contributed by atoms with Gasteiger partial charge in [0.25, 0.3) is 5.96 Å². The molecular formula is C18H22Cl2N4O5.